The summed E-state index contributed by atoms with van der Waals surface area (Å²) in [7, 11) is 0. The fraction of sp³-hybridized carbons (Fsp3) is 0.125. The Morgan fingerprint density at radius 1 is 1.17 bits per heavy atom. The zero-order chi connectivity index (χ0) is 16.2. The molecule has 0 aliphatic rings. The second-order valence-electron chi connectivity index (χ2n) is 5.10. The van der Waals surface area contributed by atoms with Crippen LogP contribution in [-0.2, 0) is 11.2 Å². The van der Waals surface area contributed by atoms with Gasteiger partial charge in [-0.3, -0.25) is 4.79 Å². The number of carbonyl (C=O) groups is 1. The maximum Gasteiger partial charge on any atom is 0.225 e. The van der Waals surface area contributed by atoms with Crippen LogP contribution in [0, 0.1) is 0 Å². The highest BCUT2D eigenvalue weighted by Gasteiger charge is 2.24. The quantitative estimate of drug-likeness (QED) is 0.751. The van der Waals surface area contributed by atoms with Crippen LogP contribution in [0.4, 0.5) is 0 Å². The summed E-state index contributed by atoms with van der Waals surface area (Å²) in [5.41, 5.74) is 7.95. The van der Waals surface area contributed by atoms with Gasteiger partial charge in [0.1, 0.15) is 0 Å². The number of tetrazole rings is 1. The van der Waals surface area contributed by atoms with Crippen LogP contribution in [0.3, 0.4) is 0 Å². The van der Waals surface area contributed by atoms with Crippen LogP contribution >= 0.6 is 11.6 Å². The first-order chi connectivity index (χ1) is 11.2. The topological polar surface area (TPSA) is 97.6 Å². The van der Waals surface area contributed by atoms with Crippen LogP contribution in [0.25, 0.3) is 11.4 Å². The molecule has 3 N–H and O–H groups in total. The Labute approximate surface area is 137 Å². The Balaban J connectivity index is 2.07. The molecule has 0 saturated carbocycles. The standard InChI is InChI=1S/C16H14ClN5O/c17-13-8-4-7-11(14(13)16-19-21-22-20-16)12(15(18)23)9-10-5-2-1-3-6-10/h1-8,12H,9H2,(H2,18,23)(H,19,20,21,22). The van der Waals surface area contributed by atoms with E-state index in [4.69, 9.17) is 17.3 Å². The minimum atomic E-state index is -0.531. The van der Waals surface area contributed by atoms with Gasteiger partial charge >= 0.3 is 0 Å². The van der Waals surface area contributed by atoms with Crippen molar-refractivity contribution in [3.8, 4) is 11.4 Å². The van der Waals surface area contributed by atoms with Crippen molar-refractivity contribution in [3.05, 3.63) is 64.7 Å². The minimum absolute atomic E-state index is 0.407. The molecule has 1 amide bonds. The predicted octanol–water partition coefficient (Wildman–Crippen LogP) is 2.33. The highest BCUT2D eigenvalue weighted by Crippen LogP contribution is 2.34. The van der Waals surface area contributed by atoms with E-state index in [-0.39, 0.29) is 0 Å². The summed E-state index contributed by atoms with van der Waals surface area (Å²) >= 11 is 6.30. The Bertz CT molecular complexity index is 805. The third-order valence-corrected chi connectivity index (χ3v) is 3.94. The number of hydrogen-bond donors (Lipinski definition) is 2. The number of benzene rings is 2. The van der Waals surface area contributed by atoms with Gasteiger partial charge in [0.2, 0.25) is 5.91 Å². The number of rotatable bonds is 5. The van der Waals surface area contributed by atoms with Crippen LogP contribution in [0.2, 0.25) is 5.02 Å². The molecule has 1 aromatic heterocycles. The lowest BCUT2D eigenvalue weighted by molar-refractivity contribution is -0.119. The molecule has 1 heterocycles. The average molecular weight is 328 g/mol. The monoisotopic (exact) mass is 327 g/mol. The van der Waals surface area contributed by atoms with E-state index in [0.29, 0.717) is 28.4 Å². The summed E-state index contributed by atoms with van der Waals surface area (Å²) in [5.74, 6) is -0.550. The van der Waals surface area contributed by atoms with Crippen molar-refractivity contribution in [2.75, 3.05) is 0 Å². The van der Waals surface area contributed by atoms with Crippen LogP contribution in [-0.4, -0.2) is 26.5 Å². The average Bonchev–Trinajstić information content (AvgIpc) is 3.07. The zero-order valence-electron chi connectivity index (χ0n) is 12.1. The van der Waals surface area contributed by atoms with E-state index in [1.54, 1.807) is 12.1 Å². The molecule has 0 bridgehead atoms. The fourth-order valence-corrected chi connectivity index (χ4v) is 2.83. The molecular weight excluding hydrogens is 314 g/mol. The summed E-state index contributed by atoms with van der Waals surface area (Å²) in [4.78, 5) is 12.1. The molecule has 2 aromatic carbocycles. The maximum absolute atomic E-state index is 12.1. The molecule has 0 spiro atoms. The summed E-state index contributed by atoms with van der Waals surface area (Å²) in [6.07, 6.45) is 0.477. The molecule has 23 heavy (non-hydrogen) atoms. The SMILES string of the molecule is NC(=O)C(Cc1ccccc1)c1cccc(Cl)c1-c1nnn[nH]1. The van der Waals surface area contributed by atoms with Crippen LogP contribution in [0.5, 0.6) is 0 Å². The fourth-order valence-electron chi connectivity index (χ4n) is 2.56. The van der Waals surface area contributed by atoms with E-state index in [1.807, 2.05) is 36.4 Å². The normalized spacial score (nSPS) is 12.0. The van der Waals surface area contributed by atoms with Crippen molar-refractivity contribution in [1.82, 2.24) is 20.6 Å². The van der Waals surface area contributed by atoms with E-state index in [2.05, 4.69) is 20.6 Å². The van der Waals surface area contributed by atoms with E-state index in [9.17, 15) is 4.79 Å². The Morgan fingerprint density at radius 3 is 2.61 bits per heavy atom. The van der Waals surface area contributed by atoms with Gasteiger partial charge < -0.3 is 5.73 Å². The number of primary amides is 1. The molecule has 3 rings (SSSR count). The molecule has 1 unspecified atom stereocenters. The van der Waals surface area contributed by atoms with E-state index < -0.39 is 11.8 Å². The number of carbonyl (C=O) groups excluding carboxylic acids is 1. The smallest absolute Gasteiger partial charge is 0.225 e. The van der Waals surface area contributed by atoms with Gasteiger partial charge in [0.05, 0.1) is 10.9 Å². The zero-order valence-corrected chi connectivity index (χ0v) is 12.9. The van der Waals surface area contributed by atoms with Crippen molar-refractivity contribution >= 4 is 17.5 Å². The summed E-state index contributed by atoms with van der Waals surface area (Å²) in [6, 6.07) is 15.0. The van der Waals surface area contributed by atoms with E-state index >= 15 is 0 Å². The number of hydrogen-bond acceptors (Lipinski definition) is 4. The number of halogens is 1. The molecule has 116 valence electrons. The van der Waals surface area contributed by atoms with Crippen molar-refractivity contribution < 1.29 is 4.79 Å². The van der Waals surface area contributed by atoms with E-state index in [0.717, 1.165) is 5.56 Å². The Morgan fingerprint density at radius 2 is 1.96 bits per heavy atom. The van der Waals surface area contributed by atoms with Crippen molar-refractivity contribution in [2.45, 2.75) is 12.3 Å². The molecule has 1 atom stereocenters. The Kier molecular flexibility index (Phi) is 4.34. The Hall–Kier alpha value is -2.73. The first-order valence-electron chi connectivity index (χ1n) is 7.02. The second-order valence-corrected chi connectivity index (χ2v) is 5.51. The van der Waals surface area contributed by atoms with E-state index in [1.165, 1.54) is 0 Å². The molecule has 0 radical (unpaired) electrons. The summed E-state index contributed by atoms with van der Waals surface area (Å²) < 4.78 is 0. The van der Waals surface area contributed by atoms with Crippen LogP contribution in [0.1, 0.15) is 17.0 Å². The van der Waals surface area contributed by atoms with Crippen LogP contribution < -0.4 is 5.73 Å². The van der Waals surface area contributed by atoms with Gasteiger partial charge in [0.15, 0.2) is 5.82 Å². The number of nitrogens with zero attached hydrogens (tertiary/aromatic N) is 3. The van der Waals surface area contributed by atoms with Gasteiger partial charge in [0.25, 0.3) is 0 Å². The maximum atomic E-state index is 12.1. The van der Waals surface area contributed by atoms with Gasteiger partial charge in [-0.15, -0.1) is 5.10 Å². The molecule has 6 nitrogen and oxygen atoms in total. The van der Waals surface area contributed by atoms with Gasteiger partial charge in [-0.2, -0.15) is 0 Å². The highest BCUT2D eigenvalue weighted by molar-refractivity contribution is 6.33. The predicted molar refractivity (Wildman–Crippen MR) is 86.7 cm³/mol. The first-order valence-corrected chi connectivity index (χ1v) is 7.40. The number of nitrogens with one attached hydrogen (secondary N) is 1. The number of aromatic nitrogens is 4. The number of aromatic amines is 1. The third kappa shape index (κ3) is 3.22. The number of amides is 1. The molecule has 0 saturated heterocycles. The molecule has 7 heteroatoms. The second kappa shape index (κ2) is 6.58. The molecule has 0 aliphatic heterocycles. The third-order valence-electron chi connectivity index (χ3n) is 3.63. The summed E-state index contributed by atoms with van der Waals surface area (Å²) in [6.45, 7) is 0. The lowest BCUT2D eigenvalue weighted by Gasteiger charge is -2.17. The lowest BCUT2D eigenvalue weighted by atomic mass is 9.88. The number of H-pyrrole nitrogens is 1. The van der Waals surface area contributed by atoms with Gasteiger partial charge in [-0.25, -0.2) is 5.10 Å². The minimum Gasteiger partial charge on any atom is -0.369 e. The lowest BCUT2D eigenvalue weighted by Crippen LogP contribution is -2.24. The molecule has 0 fully saturated rings. The number of nitrogens with two attached hydrogens (primary N) is 1. The van der Waals surface area contributed by atoms with Crippen LogP contribution in [0.15, 0.2) is 48.5 Å². The largest absolute Gasteiger partial charge is 0.369 e. The van der Waals surface area contributed by atoms with Crippen molar-refractivity contribution in [2.24, 2.45) is 5.73 Å². The molecular formula is C16H14ClN5O. The van der Waals surface area contributed by atoms with Gasteiger partial charge in [0, 0.05) is 5.56 Å². The van der Waals surface area contributed by atoms with Gasteiger partial charge in [-0.1, -0.05) is 54.1 Å². The molecule has 3 aromatic rings. The highest BCUT2D eigenvalue weighted by atomic mass is 35.5. The molecule has 0 aliphatic carbocycles. The first kappa shape index (κ1) is 15.2. The van der Waals surface area contributed by atoms with Crippen molar-refractivity contribution in [1.29, 1.82) is 0 Å². The summed E-state index contributed by atoms with van der Waals surface area (Å²) in [5, 5.41) is 14.2. The van der Waals surface area contributed by atoms with Gasteiger partial charge in [-0.05, 0) is 34.0 Å². The van der Waals surface area contributed by atoms with Crippen molar-refractivity contribution in [3.63, 3.8) is 0 Å².